The molecule has 0 radical (unpaired) electrons. The van der Waals surface area contributed by atoms with Gasteiger partial charge in [-0.15, -0.1) is 0 Å². The predicted octanol–water partition coefficient (Wildman–Crippen LogP) is -1.28. The summed E-state index contributed by atoms with van der Waals surface area (Å²) in [4.78, 5) is 24.9. The average molecular weight is 406 g/mol. The van der Waals surface area contributed by atoms with E-state index in [2.05, 4.69) is 4.98 Å². The molecule has 0 aliphatic carbocycles. The molecule has 29 heavy (non-hydrogen) atoms. The molecule has 146 valence electrons. The van der Waals surface area contributed by atoms with Crippen LogP contribution in [0, 0.1) is 0 Å². The molecule has 0 aliphatic heterocycles. The number of hydrogen-bond donors (Lipinski definition) is 1. The molecule has 0 bridgehead atoms. The zero-order valence-corrected chi connectivity index (χ0v) is 18.1. The summed E-state index contributed by atoms with van der Waals surface area (Å²) >= 11 is 0. The van der Waals surface area contributed by atoms with Gasteiger partial charge in [-0.3, -0.25) is 0 Å². The number of nitrogens with zero attached hydrogens (tertiary/aromatic N) is 2. The van der Waals surface area contributed by atoms with E-state index in [1.807, 2.05) is 10.8 Å². The van der Waals surface area contributed by atoms with E-state index in [-0.39, 0.29) is 35.1 Å². The van der Waals surface area contributed by atoms with Crippen LogP contribution in [0.1, 0.15) is 20.7 Å². The van der Waals surface area contributed by atoms with Crippen molar-refractivity contribution in [3.63, 3.8) is 0 Å². The Balaban J connectivity index is 0.000000355. The number of benzene rings is 2. The second kappa shape index (κ2) is 12.6. The van der Waals surface area contributed by atoms with Crippen molar-refractivity contribution in [1.82, 2.24) is 9.55 Å². The summed E-state index contributed by atoms with van der Waals surface area (Å²) in [5.41, 5.74) is 0.385. The van der Waals surface area contributed by atoms with E-state index in [9.17, 15) is 14.7 Å². The number of rotatable bonds is 7. The first-order chi connectivity index (χ1) is 13.5. The van der Waals surface area contributed by atoms with E-state index < -0.39 is 11.9 Å². The number of ether oxygens (including phenoxy) is 2. The Morgan fingerprint density at radius 2 is 1.83 bits per heavy atom. The molecular weight excluding hydrogens is 387 g/mol. The summed E-state index contributed by atoms with van der Waals surface area (Å²) in [6, 6.07) is 12.6. The van der Waals surface area contributed by atoms with Crippen LogP contribution in [0.5, 0.6) is 11.5 Å². The molecule has 8 nitrogen and oxygen atoms in total. The Morgan fingerprint density at radius 3 is 2.34 bits per heavy atom. The van der Waals surface area contributed by atoms with E-state index in [1.165, 1.54) is 19.2 Å². The number of aromatic carboxylic acids is 2. The van der Waals surface area contributed by atoms with E-state index in [0.717, 1.165) is 0 Å². The van der Waals surface area contributed by atoms with Crippen LogP contribution in [-0.4, -0.2) is 40.3 Å². The molecule has 3 aromatic rings. The Hall–Kier alpha value is -2.81. The van der Waals surface area contributed by atoms with Crippen molar-refractivity contribution >= 4 is 11.9 Å². The maximum Gasteiger partial charge on any atom is 1.00 e. The van der Waals surface area contributed by atoms with Crippen molar-refractivity contribution in [3.05, 3.63) is 78.4 Å². The normalized spacial score (nSPS) is 9.41. The van der Waals surface area contributed by atoms with E-state index in [0.29, 0.717) is 30.2 Å². The monoisotopic (exact) mass is 406 g/mol. The number of carbonyl (C=O) groups excluding carboxylic acids is 1. The third-order valence-electron chi connectivity index (χ3n) is 3.59. The SMILES string of the molecule is COc1cc(C(=O)[O-])ccc1OCCn1ccnc1.O=C(O)c1ccccc1.[Na+]. The van der Waals surface area contributed by atoms with Crippen LogP contribution < -0.4 is 44.1 Å². The van der Waals surface area contributed by atoms with Crippen molar-refractivity contribution in [2.24, 2.45) is 0 Å². The molecular formula is C20H19N2NaO6. The largest absolute Gasteiger partial charge is 1.00 e. The number of carbonyl (C=O) groups is 2. The standard InChI is InChI=1S/C13H14N2O4.C7H6O2.Na/c1-18-12-8-10(13(16)17)2-3-11(12)19-7-6-15-5-4-14-9-15;8-7(9)6-4-2-1-3-5-6;/h2-5,8-9H,6-7H2,1H3,(H,16,17);1-5H,(H,8,9);/q;;+1/p-1. The fourth-order valence-corrected chi connectivity index (χ4v) is 2.17. The molecule has 0 fully saturated rings. The van der Waals surface area contributed by atoms with Gasteiger partial charge >= 0.3 is 35.5 Å². The van der Waals surface area contributed by atoms with Crippen LogP contribution in [0.3, 0.4) is 0 Å². The predicted molar refractivity (Wildman–Crippen MR) is 98.4 cm³/mol. The minimum absolute atomic E-state index is 0. The molecule has 2 aromatic carbocycles. The van der Waals surface area contributed by atoms with E-state index in [1.54, 1.807) is 48.9 Å². The summed E-state index contributed by atoms with van der Waals surface area (Å²) < 4.78 is 12.5. The van der Waals surface area contributed by atoms with Crippen molar-refractivity contribution < 1.29 is 58.8 Å². The Bertz CT molecular complexity index is 901. The van der Waals surface area contributed by atoms with Gasteiger partial charge in [-0.2, -0.15) is 0 Å². The zero-order chi connectivity index (χ0) is 20.4. The van der Waals surface area contributed by atoms with Crippen LogP contribution in [0.4, 0.5) is 0 Å². The molecule has 1 heterocycles. The molecule has 0 spiro atoms. The number of carboxylic acid groups (broad SMARTS) is 2. The summed E-state index contributed by atoms with van der Waals surface area (Å²) in [7, 11) is 1.46. The van der Waals surface area contributed by atoms with Gasteiger partial charge in [0.25, 0.3) is 0 Å². The zero-order valence-electron chi connectivity index (χ0n) is 16.1. The molecule has 0 amide bonds. The minimum Gasteiger partial charge on any atom is -0.545 e. The Labute approximate surface area is 190 Å². The first-order valence-corrected chi connectivity index (χ1v) is 8.27. The number of aromatic nitrogens is 2. The van der Waals surface area contributed by atoms with Gasteiger partial charge in [0.15, 0.2) is 11.5 Å². The smallest absolute Gasteiger partial charge is 0.545 e. The third kappa shape index (κ3) is 7.98. The van der Waals surface area contributed by atoms with E-state index >= 15 is 0 Å². The van der Waals surface area contributed by atoms with Crippen molar-refractivity contribution in [3.8, 4) is 11.5 Å². The van der Waals surface area contributed by atoms with Crippen LogP contribution in [0.15, 0.2) is 67.3 Å². The van der Waals surface area contributed by atoms with Gasteiger partial charge in [0.2, 0.25) is 0 Å². The maximum atomic E-state index is 10.7. The molecule has 3 rings (SSSR count). The summed E-state index contributed by atoms with van der Waals surface area (Å²) in [6.07, 6.45) is 5.22. The van der Waals surface area contributed by atoms with Gasteiger partial charge < -0.3 is 29.0 Å². The van der Waals surface area contributed by atoms with Gasteiger partial charge in [0.05, 0.1) is 31.5 Å². The van der Waals surface area contributed by atoms with E-state index in [4.69, 9.17) is 14.6 Å². The number of methoxy groups -OCH3 is 1. The number of hydrogen-bond acceptors (Lipinski definition) is 6. The molecule has 9 heteroatoms. The molecule has 1 N–H and O–H groups in total. The van der Waals surface area contributed by atoms with Crippen molar-refractivity contribution in [2.45, 2.75) is 6.54 Å². The molecule has 0 atom stereocenters. The third-order valence-corrected chi connectivity index (χ3v) is 3.59. The minimum atomic E-state index is -1.25. The number of carboxylic acids is 2. The fraction of sp³-hybridized carbons (Fsp3) is 0.150. The summed E-state index contributed by atoms with van der Waals surface area (Å²) in [5.74, 6) is -1.26. The quantitative estimate of drug-likeness (QED) is 0.487. The molecule has 0 unspecified atom stereocenters. The topological polar surface area (TPSA) is 114 Å². The van der Waals surface area contributed by atoms with Gasteiger partial charge in [-0.25, -0.2) is 9.78 Å². The van der Waals surface area contributed by atoms with Crippen LogP contribution >= 0.6 is 0 Å². The molecule has 1 aromatic heterocycles. The summed E-state index contributed by atoms with van der Waals surface area (Å²) in [5, 5.41) is 19.1. The molecule has 0 saturated carbocycles. The van der Waals surface area contributed by atoms with Crippen molar-refractivity contribution in [1.29, 1.82) is 0 Å². The first-order valence-electron chi connectivity index (χ1n) is 8.27. The van der Waals surface area contributed by atoms with Gasteiger partial charge in [-0.05, 0) is 30.3 Å². The second-order valence-corrected chi connectivity index (χ2v) is 5.47. The fourth-order valence-electron chi connectivity index (χ4n) is 2.17. The Morgan fingerprint density at radius 1 is 1.10 bits per heavy atom. The van der Waals surface area contributed by atoms with Crippen LogP contribution in [0.2, 0.25) is 0 Å². The second-order valence-electron chi connectivity index (χ2n) is 5.47. The van der Waals surface area contributed by atoms with Gasteiger partial charge in [0, 0.05) is 18.0 Å². The molecule has 0 saturated heterocycles. The maximum absolute atomic E-state index is 10.7. The summed E-state index contributed by atoms with van der Waals surface area (Å²) in [6.45, 7) is 1.07. The molecule has 0 aliphatic rings. The van der Waals surface area contributed by atoms with Crippen molar-refractivity contribution in [2.75, 3.05) is 13.7 Å². The first kappa shape index (κ1) is 24.2. The average Bonchev–Trinajstić information content (AvgIpc) is 3.22. The Kier molecular flexibility index (Phi) is 10.5. The van der Waals surface area contributed by atoms with Gasteiger partial charge in [-0.1, -0.05) is 18.2 Å². The van der Waals surface area contributed by atoms with Crippen LogP contribution in [-0.2, 0) is 6.54 Å². The van der Waals surface area contributed by atoms with Gasteiger partial charge in [0.1, 0.15) is 6.61 Å². The van der Waals surface area contributed by atoms with Crippen LogP contribution in [0.25, 0.3) is 0 Å². The number of imidazole rings is 1.